The summed E-state index contributed by atoms with van der Waals surface area (Å²) < 4.78 is 0. The Balaban J connectivity index is 1.71. The van der Waals surface area contributed by atoms with Crippen molar-refractivity contribution in [3.8, 4) is 0 Å². The van der Waals surface area contributed by atoms with Crippen LogP contribution in [-0.2, 0) is 13.0 Å². The molecule has 19 heavy (non-hydrogen) atoms. The van der Waals surface area contributed by atoms with Crippen LogP contribution < -0.4 is 10.6 Å². The SMILES string of the molecule is CCc1cc(CN)cc(N2CCN(C3CC3)CC2)n1. The van der Waals surface area contributed by atoms with Crippen LogP contribution in [0.4, 0.5) is 5.82 Å². The minimum absolute atomic E-state index is 0.602. The molecule has 2 heterocycles. The third-order valence-electron chi connectivity index (χ3n) is 4.22. The van der Waals surface area contributed by atoms with Gasteiger partial charge in [-0.05, 0) is 37.0 Å². The van der Waals surface area contributed by atoms with Gasteiger partial charge in [0, 0.05) is 44.5 Å². The lowest BCUT2D eigenvalue weighted by Gasteiger charge is -2.35. The average Bonchev–Trinajstić information content (AvgIpc) is 3.31. The molecule has 0 bridgehead atoms. The van der Waals surface area contributed by atoms with E-state index in [-0.39, 0.29) is 0 Å². The fraction of sp³-hybridized carbons (Fsp3) is 0.667. The van der Waals surface area contributed by atoms with Crippen molar-refractivity contribution in [1.29, 1.82) is 0 Å². The predicted molar refractivity (Wildman–Crippen MR) is 78.3 cm³/mol. The number of anilines is 1. The molecule has 1 aliphatic heterocycles. The molecule has 0 radical (unpaired) electrons. The van der Waals surface area contributed by atoms with Crippen molar-refractivity contribution in [3.05, 3.63) is 23.4 Å². The van der Waals surface area contributed by atoms with Crippen molar-refractivity contribution >= 4 is 5.82 Å². The maximum Gasteiger partial charge on any atom is 0.129 e. The van der Waals surface area contributed by atoms with Crippen LogP contribution in [0.1, 0.15) is 31.0 Å². The van der Waals surface area contributed by atoms with E-state index in [9.17, 15) is 0 Å². The zero-order valence-corrected chi connectivity index (χ0v) is 11.8. The first-order valence-corrected chi connectivity index (χ1v) is 7.49. The minimum Gasteiger partial charge on any atom is -0.354 e. The van der Waals surface area contributed by atoms with Crippen LogP contribution in [0, 0.1) is 0 Å². The van der Waals surface area contributed by atoms with Gasteiger partial charge in [-0.3, -0.25) is 4.90 Å². The van der Waals surface area contributed by atoms with Crippen LogP contribution in [0.3, 0.4) is 0 Å². The Labute approximate surface area is 115 Å². The van der Waals surface area contributed by atoms with E-state index in [2.05, 4.69) is 28.9 Å². The van der Waals surface area contributed by atoms with E-state index >= 15 is 0 Å². The molecule has 2 fully saturated rings. The summed E-state index contributed by atoms with van der Waals surface area (Å²) in [7, 11) is 0. The van der Waals surface area contributed by atoms with Gasteiger partial charge in [-0.1, -0.05) is 6.92 Å². The van der Waals surface area contributed by atoms with Crippen molar-refractivity contribution in [2.24, 2.45) is 5.73 Å². The largest absolute Gasteiger partial charge is 0.354 e. The van der Waals surface area contributed by atoms with Gasteiger partial charge in [0.2, 0.25) is 0 Å². The first-order valence-electron chi connectivity index (χ1n) is 7.49. The molecule has 0 atom stereocenters. The van der Waals surface area contributed by atoms with E-state index in [1.165, 1.54) is 31.5 Å². The molecular formula is C15H24N4. The minimum atomic E-state index is 0.602. The molecule has 1 saturated heterocycles. The Kier molecular flexibility index (Phi) is 3.71. The molecule has 1 saturated carbocycles. The highest BCUT2D eigenvalue weighted by atomic mass is 15.3. The molecule has 0 unspecified atom stereocenters. The number of hydrogen-bond donors (Lipinski definition) is 1. The molecule has 4 nitrogen and oxygen atoms in total. The molecule has 1 aromatic heterocycles. The Bertz CT molecular complexity index is 412. The Morgan fingerprint density at radius 1 is 1.21 bits per heavy atom. The molecule has 0 spiro atoms. The van der Waals surface area contributed by atoms with Crippen molar-refractivity contribution in [3.63, 3.8) is 0 Å². The fourth-order valence-corrected chi connectivity index (χ4v) is 2.85. The van der Waals surface area contributed by atoms with E-state index in [0.29, 0.717) is 6.54 Å². The summed E-state index contributed by atoms with van der Waals surface area (Å²) in [6, 6.07) is 5.17. The number of hydrogen-bond acceptors (Lipinski definition) is 4. The number of nitrogens with two attached hydrogens (primary N) is 1. The van der Waals surface area contributed by atoms with Gasteiger partial charge in [0.25, 0.3) is 0 Å². The molecule has 0 aromatic carbocycles. The third kappa shape index (κ3) is 2.90. The smallest absolute Gasteiger partial charge is 0.129 e. The highest BCUT2D eigenvalue weighted by Gasteiger charge is 2.31. The van der Waals surface area contributed by atoms with Crippen molar-refractivity contribution in [2.45, 2.75) is 38.8 Å². The lowest BCUT2D eigenvalue weighted by Crippen LogP contribution is -2.47. The zero-order chi connectivity index (χ0) is 13.2. The highest BCUT2D eigenvalue weighted by Crippen LogP contribution is 2.28. The first-order chi connectivity index (χ1) is 9.30. The molecule has 2 aliphatic rings. The van der Waals surface area contributed by atoms with Crippen molar-refractivity contribution in [2.75, 3.05) is 31.1 Å². The van der Waals surface area contributed by atoms with Crippen LogP contribution in [-0.4, -0.2) is 42.1 Å². The molecule has 1 aromatic rings. The summed E-state index contributed by atoms with van der Waals surface area (Å²) in [5, 5.41) is 0. The molecular weight excluding hydrogens is 236 g/mol. The number of nitrogens with zero attached hydrogens (tertiary/aromatic N) is 3. The van der Waals surface area contributed by atoms with E-state index in [4.69, 9.17) is 10.7 Å². The summed E-state index contributed by atoms with van der Waals surface area (Å²) in [5.41, 5.74) is 8.14. The molecule has 104 valence electrons. The van der Waals surface area contributed by atoms with Gasteiger partial charge < -0.3 is 10.6 Å². The molecule has 0 amide bonds. The Hall–Kier alpha value is -1.13. The van der Waals surface area contributed by atoms with Gasteiger partial charge in [0.05, 0.1) is 0 Å². The highest BCUT2D eigenvalue weighted by molar-refractivity contribution is 5.43. The molecule has 4 heteroatoms. The lowest BCUT2D eigenvalue weighted by atomic mass is 10.2. The summed E-state index contributed by atoms with van der Waals surface area (Å²) in [6.45, 7) is 7.31. The number of aromatic nitrogens is 1. The van der Waals surface area contributed by atoms with Crippen LogP contribution in [0.5, 0.6) is 0 Å². The quantitative estimate of drug-likeness (QED) is 0.888. The molecule has 2 N–H and O–H groups in total. The van der Waals surface area contributed by atoms with Crippen LogP contribution in [0.2, 0.25) is 0 Å². The molecule has 3 rings (SSSR count). The Morgan fingerprint density at radius 2 is 1.95 bits per heavy atom. The van der Waals surface area contributed by atoms with Crippen LogP contribution in [0.25, 0.3) is 0 Å². The molecule has 1 aliphatic carbocycles. The monoisotopic (exact) mass is 260 g/mol. The second-order valence-corrected chi connectivity index (χ2v) is 5.64. The number of piperazine rings is 1. The normalized spacial score (nSPS) is 20.8. The third-order valence-corrected chi connectivity index (χ3v) is 4.22. The van der Waals surface area contributed by atoms with E-state index in [1.54, 1.807) is 0 Å². The maximum atomic E-state index is 5.79. The summed E-state index contributed by atoms with van der Waals surface area (Å²) in [4.78, 5) is 9.80. The Morgan fingerprint density at radius 3 is 2.53 bits per heavy atom. The second-order valence-electron chi connectivity index (χ2n) is 5.64. The van der Waals surface area contributed by atoms with E-state index in [0.717, 1.165) is 37.1 Å². The van der Waals surface area contributed by atoms with Gasteiger partial charge in [0.1, 0.15) is 5.82 Å². The second kappa shape index (κ2) is 5.47. The standard InChI is InChI=1S/C15H24N4/c1-2-13-9-12(11-16)10-15(17-13)19-7-5-18(6-8-19)14-3-4-14/h9-10,14H,2-8,11,16H2,1H3. The van der Waals surface area contributed by atoms with Crippen LogP contribution in [0.15, 0.2) is 12.1 Å². The average molecular weight is 260 g/mol. The number of aryl methyl sites for hydroxylation is 1. The fourth-order valence-electron chi connectivity index (χ4n) is 2.85. The van der Waals surface area contributed by atoms with Crippen LogP contribution >= 0.6 is 0 Å². The lowest BCUT2D eigenvalue weighted by molar-refractivity contribution is 0.247. The van der Waals surface area contributed by atoms with Gasteiger partial charge >= 0.3 is 0 Å². The maximum absolute atomic E-state index is 5.79. The summed E-state index contributed by atoms with van der Waals surface area (Å²) >= 11 is 0. The number of rotatable bonds is 4. The summed E-state index contributed by atoms with van der Waals surface area (Å²) in [6.07, 6.45) is 3.78. The van der Waals surface area contributed by atoms with Crippen molar-refractivity contribution in [1.82, 2.24) is 9.88 Å². The van der Waals surface area contributed by atoms with Gasteiger partial charge in [0.15, 0.2) is 0 Å². The topological polar surface area (TPSA) is 45.4 Å². The predicted octanol–water partition coefficient (Wildman–Crippen LogP) is 1.39. The number of pyridine rings is 1. The van der Waals surface area contributed by atoms with Gasteiger partial charge in [-0.15, -0.1) is 0 Å². The van der Waals surface area contributed by atoms with Gasteiger partial charge in [-0.2, -0.15) is 0 Å². The van der Waals surface area contributed by atoms with Crippen molar-refractivity contribution < 1.29 is 0 Å². The summed E-state index contributed by atoms with van der Waals surface area (Å²) in [5.74, 6) is 1.12. The van der Waals surface area contributed by atoms with E-state index in [1.807, 2.05) is 0 Å². The zero-order valence-electron chi connectivity index (χ0n) is 11.8. The van der Waals surface area contributed by atoms with E-state index < -0.39 is 0 Å². The van der Waals surface area contributed by atoms with Gasteiger partial charge in [-0.25, -0.2) is 4.98 Å². The first kappa shape index (κ1) is 12.9.